The molecule has 108 valence electrons. The highest BCUT2D eigenvalue weighted by molar-refractivity contribution is 7.98. The van der Waals surface area contributed by atoms with E-state index >= 15 is 0 Å². The van der Waals surface area contributed by atoms with Gasteiger partial charge >= 0.3 is 0 Å². The maximum atomic E-state index is 11.9. The molecular weight excluding hydrogens is 294 g/mol. The van der Waals surface area contributed by atoms with Gasteiger partial charge in [-0.1, -0.05) is 11.8 Å². The van der Waals surface area contributed by atoms with Gasteiger partial charge in [-0.15, -0.1) is 0 Å². The Labute approximate surface area is 123 Å². The molecule has 1 aromatic carbocycles. The molecule has 0 aliphatic rings. The Hall–Kier alpha value is -2.66. The summed E-state index contributed by atoms with van der Waals surface area (Å²) in [5.41, 5.74) is -0.668. The molecule has 0 aliphatic carbocycles. The van der Waals surface area contributed by atoms with Crippen LogP contribution in [0.5, 0.6) is 17.2 Å². The first-order valence-electron chi connectivity index (χ1n) is 5.70. The van der Waals surface area contributed by atoms with Gasteiger partial charge < -0.3 is 19.9 Å². The van der Waals surface area contributed by atoms with Crippen molar-refractivity contribution in [3.63, 3.8) is 0 Å². The molecule has 1 aromatic heterocycles. The zero-order valence-corrected chi connectivity index (χ0v) is 12.0. The molecule has 0 saturated heterocycles. The molecule has 7 nitrogen and oxygen atoms in total. The zero-order valence-electron chi connectivity index (χ0n) is 11.2. The van der Waals surface area contributed by atoms with Gasteiger partial charge in [0.25, 0.3) is 5.56 Å². The lowest BCUT2D eigenvalue weighted by atomic mass is 10.1. The number of hydrogen-bond donors (Lipinski definition) is 3. The molecule has 0 atom stereocenters. The number of rotatable bonds is 3. The van der Waals surface area contributed by atoms with E-state index in [1.807, 2.05) is 0 Å². The summed E-state index contributed by atoms with van der Waals surface area (Å²) in [6, 6.07) is 4.15. The summed E-state index contributed by atoms with van der Waals surface area (Å²) in [5.74, 6) is -0.471. The number of methoxy groups -OCH3 is 1. The monoisotopic (exact) mass is 305 g/mol. The highest BCUT2D eigenvalue weighted by Crippen LogP contribution is 2.38. The van der Waals surface area contributed by atoms with Gasteiger partial charge in [0.2, 0.25) is 0 Å². The van der Waals surface area contributed by atoms with E-state index in [4.69, 9.17) is 10.00 Å². The molecule has 21 heavy (non-hydrogen) atoms. The Kier molecular flexibility index (Phi) is 4.05. The van der Waals surface area contributed by atoms with Crippen LogP contribution >= 0.6 is 11.8 Å². The molecule has 1 heterocycles. The molecule has 3 N–H and O–H groups in total. The lowest BCUT2D eigenvalue weighted by molar-refractivity contribution is 0.370. The molecule has 0 fully saturated rings. The van der Waals surface area contributed by atoms with E-state index in [1.165, 1.54) is 24.9 Å². The quantitative estimate of drug-likeness (QED) is 0.580. The first kappa shape index (κ1) is 14.7. The van der Waals surface area contributed by atoms with E-state index in [-0.39, 0.29) is 34.1 Å². The lowest BCUT2D eigenvalue weighted by Crippen LogP contribution is -2.14. The second-order valence-electron chi connectivity index (χ2n) is 3.95. The molecule has 0 spiro atoms. The van der Waals surface area contributed by atoms with E-state index in [1.54, 1.807) is 12.3 Å². The number of ether oxygens (including phenoxy) is 1. The number of thioether (sulfide) groups is 1. The minimum absolute atomic E-state index is 0.0291. The minimum atomic E-state index is -0.599. The summed E-state index contributed by atoms with van der Waals surface area (Å²) in [6.07, 6.45) is 1.71. The molecule has 0 unspecified atom stereocenters. The van der Waals surface area contributed by atoms with Crippen molar-refractivity contribution < 1.29 is 14.9 Å². The molecular formula is C13H11N3O4S. The van der Waals surface area contributed by atoms with Crippen molar-refractivity contribution in [3.8, 4) is 34.6 Å². The number of hydrogen-bond acceptors (Lipinski definition) is 7. The predicted molar refractivity (Wildman–Crippen MR) is 76.7 cm³/mol. The topological polar surface area (TPSA) is 119 Å². The van der Waals surface area contributed by atoms with Crippen molar-refractivity contribution in [1.82, 2.24) is 9.97 Å². The number of nitrogens with zero attached hydrogens (tertiary/aromatic N) is 2. The van der Waals surface area contributed by atoms with Crippen molar-refractivity contribution in [3.05, 3.63) is 28.0 Å². The Morgan fingerprint density at radius 2 is 2.10 bits per heavy atom. The third kappa shape index (κ3) is 2.64. The molecule has 2 rings (SSSR count). The van der Waals surface area contributed by atoms with E-state index < -0.39 is 5.56 Å². The largest absolute Gasteiger partial charge is 0.507 e. The number of H-pyrrole nitrogens is 1. The number of phenolic OH excluding ortho intramolecular Hbond substituents is 2. The summed E-state index contributed by atoms with van der Waals surface area (Å²) in [4.78, 5) is 18.5. The second-order valence-corrected chi connectivity index (χ2v) is 4.75. The van der Waals surface area contributed by atoms with Crippen molar-refractivity contribution in [2.75, 3.05) is 13.4 Å². The predicted octanol–water partition coefficient (Wildman–Crippen LogP) is 1.45. The van der Waals surface area contributed by atoms with Crippen molar-refractivity contribution in [2.45, 2.75) is 5.16 Å². The first-order chi connectivity index (χ1) is 10.0. The normalized spacial score (nSPS) is 10.1. The SMILES string of the molecule is COc1cc(-c2nc(SC)[nH]c(=O)c2C#N)c(O)cc1O. The van der Waals surface area contributed by atoms with Crippen LogP contribution in [0.25, 0.3) is 11.3 Å². The molecule has 8 heteroatoms. The van der Waals surface area contributed by atoms with E-state index in [9.17, 15) is 15.0 Å². The Balaban J connectivity index is 2.81. The summed E-state index contributed by atoms with van der Waals surface area (Å²) in [7, 11) is 1.35. The number of aromatic nitrogens is 2. The number of aromatic amines is 1. The minimum Gasteiger partial charge on any atom is -0.507 e. The average molecular weight is 305 g/mol. The van der Waals surface area contributed by atoms with Crippen LogP contribution in [0.4, 0.5) is 0 Å². The van der Waals surface area contributed by atoms with E-state index in [0.29, 0.717) is 5.16 Å². The summed E-state index contributed by atoms with van der Waals surface area (Å²) in [5, 5.41) is 29.0. The summed E-state index contributed by atoms with van der Waals surface area (Å²) >= 11 is 1.19. The van der Waals surface area contributed by atoms with Gasteiger partial charge in [-0.3, -0.25) is 4.79 Å². The number of nitrogens with one attached hydrogen (secondary N) is 1. The smallest absolute Gasteiger partial charge is 0.270 e. The van der Waals surface area contributed by atoms with Crippen molar-refractivity contribution >= 4 is 11.8 Å². The van der Waals surface area contributed by atoms with Crippen LogP contribution in [0.15, 0.2) is 22.1 Å². The number of phenols is 2. The van der Waals surface area contributed by atoms with E-state index in [0.717, 1.165) is 6.07 Å². The van der Waals surface area contributed by atoms with Gasteiger partial charge in [-0.25, -0.2) is 4.98 Å². The molecule has 0 saturated carbocycles. The maximum Gasteiger partial charge on any atom is 0.270 e. The van der Waals surface area contributed by atoms with Crippen LogP contribution in [-0.4, -0.2) is 33.5 Å². The van der Waals surface area contributed by atoms with Gasteiger partial charge in [0.05, 0.1) is 7.11 Å². The third-order valence-corrected chi connectivity index (χ3v) is 3.34. The Morgan fingerprint density at radius 3 is 2.67 bits per heavy atom. The highest BCUT2D eigenvalue weighted by Gasteiger charge is 2.18. The zero-order chi connectivity index (χ0) is 15.6. The van der Waals surface area contributed by atoms with Gasteiger partial charge in [0.15, 0.2) is 16.7 Å². The number of aromatic hydroxyl groups is 2. The average Bonchev–Trinajstić information content (AvgIpc) is 2.46. The highest BCUT2D eigenvalue weighted by atomic mass is 32.2. The van der Waals surface area contributed by atoms with Crippen LogP contribution < -0.4 is 10.3 Å². The van der Waals surface area contributed by atoms with Crippen LogP contribution in [0.1, 0.15) is 5.56 Å². The maximum absolute atomic E-state index is 11.9. The van der Waals surface area contributed by atoms with Crippen LogP contribution in [0.2, 0.25) is 0 Å². The van der Waals surface area contributed by atoms with Gasteiger partial charge in [-0.05, 0) is 12.3 Å². The number of benzene rings is 1. The second kappa shape index (κ2) is 5.76. The van der Waals surface area contributed by atoms with Gasteiger partial charge in [-0.2, -0.15) is 5.26 Å². The molecule has 0 bridgehead atoms. The summed E-state index contributed by atoms with van der Waals surface area (Å²) in [6.45, 7) is 0. The molecule has 0 radical (unpaired) electrons. The fourth-order valence-corrected chi connectivity index (χ4v) is 2.14. The lowest BCUT2D eigenvalue weighted by Gasteiger charge is -2.10. The molecule has 2 aromatic rings. The fraction of sp³-hybridized carbons (Fsp3) is 0.154. The van der Waals surface area contributed by atoms with Crippen molar-refractivity contribution in [2.24, 2.45) is 0 Å². The fourth-order valence-electron chi connectivity index (χ4n) is 1.76. The Morgan fingerprint density at radius 1 is 1.38 bits per heavy atom. The number of nitriles is 1. The molecule has 0 aliphatic heterocycles. The van der Waals surface area contributed by atoms with Crippen molar-refractivity contribution in [1.29, 1.82) is 5.26 Å². The van der Waals surface area contributed by atoms with E-state index in [2.05, 4.69) is 9.97 Å². The Bertz CT molecular complexity index is 795. The first-order valence-corrected chi connectivity index (χ1v) is 6.93. The molecule has 0 amide bonds. The van der Waals surface area contributed by atoms with Gasteiger partial charge in [0.1, 0.15) is 23.1 Å². The van der Waals surface area contributed by atoms with Crippen LogP contribution in [0, 0.1) is 11.3 Å². The summed E-state index contributed by atoms with van der Waals surface area (Å²) < 4.78 is 4.96. The van der Waals surface area contributed by atoms with Crippen LogP contribution in [-0.2, 0) is 0 Å². The third-order valence-electron chi connectivity index (χ3n) is 2.76. The van der Waals surface area contributed by atoms with Gasteiger partial charge in [0, 0.05) is 11.6 Å². The standard InChI is InChI=1S/C13H11N3O4S/c1-20-10-3-6(8(17)4-9(10)18)11-7(5-14)12(19)16-13(15-11)21-2/h3-4,17-18H,1-2H3,(H,15,16,19). The van der Waals surface area contributed by atoms with Crippen LogP contribution in [0.3, 0.4) is 0 Å².